The van der Waals surface area contributed by atoms with Gasteiger partial charge in [0.1, 0.15) is 0 Å². The van der Waals surface area contributed by atoms with E-state index < -0.39 is 0 Å². The Labute approximate surface area is 92.1 Å². The number of hydrogen-bond donors (Lipinski definition) is 1. The van der Waals surface area contributed by atoms with Crippen LogP contribution < -0.4 is 5.32 Å². The Balaban J connectivity index is 2.44. The van der Waals surface area contributed by atoms with Gasteiger partial charge in [-0.3, -0.25) is 0 Å². The minimum atomic E-state index is -0.198. The molecule has 1 saturated heterocycles. The Morgan fingerprint density at radius 1 is 1.77 bits per heavy atom. The summed E-state index contributed by atoms with van der Waals surface area (Å²) in [4.78, 5) is 13.3. The van der Waals surface area contributed by atoms with Gasteiger partial charge < -0.3 is 15.0 Å². The summed E-state index contributed by atoms with van der Waals surface area (Å²) in [6.45, 7) is 6.32. The highest BCUT2D eigenvalue weighted by Crippen LogP contribution is 2.09. The number of halogens is 1. The van der Waals surface area contributed by atoms with Crippen LogP contribution in [0.3, 0.4) is 0 Å². The molecule has 0 bridgehead atoms. The third kappa shape index (κ3) is 3.30. The lowest BCUT2D eigenvalue weighted by Gasteiger charge is -2.33. The quantitative estimate of drug-likeness (QED) is 0.584. The smallest absolute Gasteiger partial charge is 0.411 e. The summed E-state index contributed by atoms with van der Waals surface area (Å²) in [6.07, 6.45) is -0.198. The zero-order valence-corrected chi connectivity index (χ0v) is 10.1. The molecule has 1 unspecified atom stereocenters. The van der Waals surface area contributed by atoms with Crippen LogP contribution >= 0.6 is 22.6 Å². The highest BCUT2D eigenvalue weighted by atomic mass is 127. The van der Waals surface area contributed by atoms with Crippen molar-refractivity contribution < 1.29 is 9.53 Å². The van der Waals surface area contributed by atoms with Gasteiger partial charge in [-0.15, -0.1) is 0 Å². The summed E-state index contributed by atoms with van der Waals surface area (Å²) in [7, 11) is 0. The number of rotatable bonds is 1. The summed E-state index contributed by atoms with van der Waals surface area (Å²) in [5.41, 5.74) is 0. The van der Waals surface area contributed by atoms with E-state index in [1.807, 2.05) is 13.8 Å². The molecule has 1 rings (SSSR count). The lowest BCUT2D eigenvalue weighted by Crippen LogP contribution is -2.52. The van der Waals surface area contributed by atoms with Gasteiger partial charge in [0.15, 0.2) is 4.11 Å². The second kappa shape index (κ2) is 4.99. The number of carbonyl (C=O) groups is 1. The van der Waals surface area contributed by atoms with Crippen LogP contribution in [0.1, 0.15) is 13.8 Å². The average molecular weight is 298 g/mol. The van der Waals surface area contributed by atoms with Crippen molar-refractivity contribution in [3.8, 4) is 0 Å². The van der Waals surface area contributed by atoms with E-state index in [2.05, 4.69) is 27.9 Å². The van der Waals surface area contributed by atoms with E-state index in [4.69, 9.17) is 4.74 Å². The molecule has 0 aromatic carbocycles. The standard InChI is InChI=1S/C8H15IN2O2/c1-6-5-10-3-4-11(6)8(12)13-7(2)9/h6-7,10H,3-5H2,1-2H3/t6-,7?/m0/s1. The molecule has 0 spiro atoms. The van der Waals surface area contributed by atoms with E-state index >= 15 is 0 Å². The topological polar surface area (TPSA) is 41.6 Å². The third-order valence-corrected chi connectivity index (χ3v) is 2.25. The van der Waals surface area contributed by atoms with E-state index in [0.29, 0.717) is 0 Å². The monoisotopic (exact) mass is 298 g/mol. The average Bonchev–Trinajstić information content (AvgIpc) is 2.03. The Bertz CT molecular complexity index is 187. The van der Waals surface area contributed by atoms with E-state index in [1.54, 1.807) is 4.90 Å². The van der Waals surface area contributed by atoms with Crippen LogP contribution in [0.5, 0.6) is 0 Å². The molecule has 0 aromatic rings. The fourth-order valence-electron chi connectivity index (χ4n) is 1.32. The predicted octanol–water partition coefficient (Wildman–Crippen LogP) is 1.20. The van der Waals surface area contributed by atoms with Crippen molar-refractivity contribution in [2.24, 2.45) is 0 Å². The maximum absolute atomic E-state index is 11.5. The number of amides is 1. The fraction of sp³-hybridized carbons (Fsp3) is 0.875. The van der Waals surface area contributed by atoms with Gasteiger partial charge in [-0.1, -0.05) is 0 Å². The molecule has 0 saturated carbocycles. The highest BCUT2D eigenvalue weighted by Gasteiger charge is 2.24. The molecule has 76 valence electrons. The van der Waals surface area contributed by atoms with Crippen molar-refractivity contribution in [1.82, 2.24) is 10.2 Å². The number of nitrogens with one attached hydrogen (secondary N) is 1. The molecule has 0 radical (unpaired) electrons. The Kier molecular flexibility index (Phi) is 4.24. The van der Waals surface area contributed by atoms with Crippen LogP contribution in [0.2, 0.25) is 0 Å². The van der Waals surface area contributed by atoms with Crippen molar-refractivity contribution in [3.05, 3.63) is 0 Å². The molecule has 13 heavy (non-hydrogen) atoms. The van der Waals surface area contributed by atoms with E-state index in [1.165, 1.54) is 0 Å². The molecule has 0 aliphatic carbocycles. The molecule has 1 aliphatic heterocycles. The molecule has 2 atom stereocenters. The Hall–Kier alpha value is -0.0400. The highest BCUT2D eigenvalue weighted by molar-refractivity contribution is 14.1. The zero-order valence-electron chi connectivity index (χ0n) is 7.92. The third-order valence-electron chi connectivity index (χ3n) is 2.00. The van der Waals surface area contributed by atoms with Crippen molar-refractivity contribution in [1.29, 1.82) is 0 Å². The fourth-order valence-corrected chi connectivity index (χ4v) is 1.54. The summed E-state index contributed by atoms with van der Waals surface area (Å²) < 4.78 is 5.04. The second-order valence-corrected chi connectivity index (χ2v) is 4.93. The number of alkyl halides is 1. The molecular weight excluding hydrogens is 283 g/mol. The van der Waals surface area contributed by atoms with Crippen molar-refractivity contribution >= 4 is 28.7 Å². The molecule has 1 aliphatic rings. The molecule has 5 heteroatoms. The lowest BCUT2D eigenvalue weighted by atomic mass is 10.2. The first kappa shape index (κ1) is 11.0. The SMILES string of the molecule is CC(I)OC(=O)N1CCNC[C@@H]1C. The van der Waals surface area contributed by atoms with E-state index in [0.717, 1.165) is 19.6 Å². The van der Waals surface area contributed by atoms with Gasteiger partial charge in [0, 0.05) is 25.7 Å². The summed E-state index contributed by atoms with van der Waals surface area (Å²) in [5.74, 6) is 0. The normalized spacial score (nSPS) is 25.5. The van der Waals surface area contributed by atoms with Gasteiger partial charge in [0.2, 0.25) is 0 Å². The van der Waals surface area contributed by atoms with Crippen molar-refractivity contribution in [2.45, 2.75) is 24.0 Å². The molecule has 1 N–H and O–H groups in total. The minimum Gasteiger partial charge on any atom is -0.436 e. The molecule has 4 nitrogen and oxygen atoms in total. The minimum absolute atomic E-state index is 0.0628. The van der Waals surface area contributed by atoms with Gasteiger partial charge in [-0.2, -0.15) is 0 Å². The predicted molar refractivity (Wildman–Crippen MR) is 59.0 cm³/mol. The molecular formula is C8H15IN2O2. The van der Waals surface area contributed by atoms with E-state index in [9.17, 15) is 4.79 Å². The summed E-state index contributed by atoms with van der Waals surface area (Å²) in [6, 6.07) is 0.233. The first-order valence-corrected chi connectivity index (χ1v) is 5.68. The van der Waals surface area contributed by atoms with Crippen LogP contribution in [0.15, 0.2) is 0 Å². The maximum atomic E-state index is 11.5. The zero-order chi connectivity index (χ0) is 9.84. The van der Waals surface area contributed by atoms with Crippen LogP contribution in [-0.2, 0) is 4.74 Å². The maximum Gasteiger partial charge on any atom is 0.411 e. The number of piperazine rings is 1. The molecule has 1 fully saturated rings. The van der Waals surface area contributed by atoms with Gasteiger partial charge in [0.05, 0.1) is 0 Å². The number of nitrogens with zero attached hydrogens (tertiary/aromatic N) is 1. The molecule has 1 heterocycles. The van der Waals surface area contributed by atoms with Gasteiger partial charge in [0.25, 0.3) is 0 Å². The van der Waals surface area contributed by atoms with Crippen molar-refractivity contribution in [2.75, 3.05) is 19.6 Å². The van der Waals surface area contributed by atoms with Crippen LogP contribution in [-0.4, -0.2) is 40.8 Å². The lowest BCUT2D eigenvalue weighted by molar-refractivity contribution is 0.0810. The van der Waals surface area contributed by atoms with Gasteiger partial charge >= 0.3 is 6.09 Å². The van der Waals surface area contributed by atoms with Gasteiger partial charge in [-0.25, -0.2) is 4.79 Å². The first-order chi connectivity index (χ1) is 6.11. The van der Waals surface area contributed by atoms with Crippen LogP contribution in [0.25, 0.3) is 0 Å². The Morgan fingerprint density at radius 2 is 2.46 bits per heavy atom. The number of ether oxygens (including phenoxy) is 1. The van der Waals surface area contributed by atoms with Crippen molar-refractivity contribution in [3.63, 3.8) is 0 Å². The molecule has 1 amide bonds. The first-order valence-electron chi connectivity index (χ1n) is 4.43. The number of hydrogen-bond acceptors (Lipinski definition) is 3. The Morgan fingerprint density at radius 3 is 3.00 bits per heavy atom. The summed E-state index contributed by atoms with van der Waals surface area (Å²) >= 11 is 2.08. The van der Waals surface area contributed by atoms with Crippen LogP contribution in [0, 0.1) is 0 Å². The largest absolute Gasteiger partial charge is 0.436 e. The summed E-state index contributed by atoms with van der Waals surface area (Å²) in [5, 5.41) is 3.22. The second-order valence-electron chi connectivity index (χ2n) is 3.17. The molecule has 0 aromatic heterocycles. The van der Waals surface area contributed by atoms with E-state index in [-0.39, 0.29) is 16.2 Å². The number of carbonyl (C=O) groups excluding carboxylic acids is 1. The van der Waals surface area contributed by atoms with Gasteiger partial charge in [-0.05, 0) is 36.4 Å². The van der Waals surface area contributed by atoms with Crippen LogP contribution in [0.4, 0.5) is 4.79 Å².